The van der Waals surface area contributed by atoms with Gasteiger partial charge in [0.2, 0.25) is 0 Å². The van der Waals surface area contributed by atoms with Gasteiger partial charge in [-0.3, -0.25) is 4.99 Å². The number of halogens is 1. The van der Waals surface area contributed by atoms with E-state index in [4.69, 9.17) is 9.47 Å². The lowest BCUT2D eigenvalue weighted by Gasteiger charge is -2.29. The van der Waals surface area contributed by atoms with Gasteiger partial charge < -0.3 is 20.1 Å². The Balaban J connectivity index is 0.00000264. The number of nitrogens with zero attached hydrogens (tertiary/aromatic N) is 1. The number of fused-ring (bicyclic) bond motifs is 1. The number of nitrogens with one attached hydrogen (secondary N) is 2. The van der Waals surface area contributed by atoms with Crippen molar-refractivity contribution in [3.05, 3.63) is 23.8 Å². The maximum atomic E-state index is 5.68. The monoisotopic (exact) mass is 433 g/mol. The summed E-state index contributed by atoms with van der Waals surface area (Å²) >= 11 is 0. The van der Waals surface area contributed by atoms with Crippen molar-refractivity contribution in [3.8, 4) is 11.5 Å². The van der Waals surface area contributed by atoms with E-state index in [1.807, 2.05) is 6.07 Å². The van der Waals surface area contributed by atoms with Gasteiger partial charge in [-0.05, 0) is 31.5 Å². The molecule has 0 saturated heterocycles. The third-order valence-corrected chi connectivity index (χ3v) is 3.67. The van der Waals surface area contributed by atoms with Crippen LogP contribution < -0.4 is 20.1 Å². The molecule has 6 heteroatoms. The van der Waals surface area contributed by atoms with Gasteiger partial charge in [0.05, 0.1) is 0 Å². The van der Waals surface area contributed by atoms with Gasteiger partial charge >= 0.3 is 0 Å². The van der Waals surface area contributed by atoms with E-state index in [9.17, 15) is 0 Å². The fourth-order valence-corrected chi connectivity index (χ4v) is 2.34. The first kappa shape index (κ1) is 19.9. The Hall–Kier alpha value is -1.18. The molecule has 0 bridgehead atoms. The van der Waals surface area contributed by atoms with Gasteiger partial charge in [0, 0.05) is 25.0 Å². The van der Waals surface area contributed by atoms with E-state index in [-0.39, 0.29) is 29.4 Å². The van der Waals surface area contributed by atoms with Crippen LogP contribution in [0.4, 0.5) is 0 Å². The summed E-state index contributed by atoms with van der Waals surface area (Å²) < 4.78 is 11.3. The van der Waals surface area contributed by atoms with Crippen LogP contribution >= 0.6 is 24.0 Å². The second kappa shape index (κ2) is 8.61. The lowest BCUT2D eigenvalue weighted by molar-refractivity contribution is 0.171. The molecule has 1 aliphatic rings. The zero-order valence-corrected chi connectivity index (χ0v) is 16.9. The second-order valence-corrected chi connectivity index (χ2v) is 6.47. The van der Waals surface area contributed by atoms with E-state index < -0.39 is 0 Å². The van der Waals surface area contributed by atoms with Gasteiger partial charge in [-0.25, -0.2) is 0 Å². The lowest BCUT2D eigenvalue weighted by Crippen LogP contribution is -2.45. The topological polar surface area (TPSA) is 54.9 Å². The molecule has 0 spiro atoms. The molecule has 0 unspecified atom stereocenters. The van der Waals surface area contributed by atoms with Crippen LogP contribution in [0.2, 0.25) is 0 Å². The molecular weight excluding hydrogens is 405 g/mol. The normalized spacial score (nSPS) is 14.3. The summed E-state index contributed by atoms with van der Waals surface area (Å²) in [6.45, 7) is 10.6. The van der Waals surface area contributed by atoms with Gasteiger partial charge in [0.25, 0.3) is 0 Å². The van der Waals surface area contributed by atoms with Crippen LogP contribution in [-0.4, -0.2) is 38.8 Å². The minimum atomic E-state index is -0.0512. The van der Waals surface area contributed by atoms with E-state index in [1.165, 1.54) is 5.56 Å². The highest BCUT2D eigenvalue weighted by Gasteiger charge is 2.23. The standard InChI is InChI=1S/C17H27N3O2.HI/c1-12(2)20-16(18-5)19-11-17(3,4)13-6-7-14-15(10-13)22-9-8-21-14;/h6-7,10,12H,8-9,11H2,1-5H3,(H2,18,19,20);1H. The third-order valence-electron chi connectivity index (χ3n) is 3.67. The van der Waals surface area contributed by atoms with Crippen molar-refractivity contribution in [1.82, 2.24) is 10.6 Å². The molecule has 0 atom stereocenters. The van der Waals surface area contributed by atoms with Crippen molar-refractivity contribution >= 4 is 29.9 Å². The molecular formula is C17H28IN3O2. The molecule has 1 aromatic carbocycles. The minimum absolute atomic E-state index is 0. The number of rotatable bonds is 4. The molecule has 130 valence electrons. The summed E-state index contributed by atoms with van der Waals surface area (Å²) in [6, 6.07) is 6.53. The van der Waals surface area contributed by atoms with Crippen LogP contribution in [0.1, 0.15) is 33.3 Å². The largest absolute Gasteiger partial charge is 0.486 e. The fourth-order valence-electron chi connectivity index (χ4n) is 2.34. The first-order valence-corrected chi connectivity index (χ1v) is 7.79. The number of benzene rings is 1. The number of ether oxygens (including phenoxy) is 2. The van der Waals surface area contributed by atoms with Gasteiger partial charge in [0.1, 0.15) is 13.2 Å². The first-order chi connectivity index (χ1) is 10.4. The smallest absolute Gasteiger partial charge is 0.191 e. The number of guanidine groups is 1. The molecule has 1 heterocycles. The lowest BCUT2D eigenvalue weighted by atomic mass is 9.84. The quantitative estimate of drug-likeness (QED) is 0.436. The summed E-state index contributed by atoms with van der Waals surface area (Å²) in [5.74, 6) is 2.48. The van der Waals surface area contributed by atoms with E-state index in [1.54, 1.807) is 7.05 Å². The SMILES string of the molecule is CN=C(NCC(C)(C)c1ccc2c(c1)OCCO2)NC(C)C.I. The highest BCUT2D eigenvalue weighted by Crippen LogP contribution is 2.34. The van der Waals surface area contributed by atoms with E-state index in [0.717, 1.165) is 24.0 Å². The highest BCUT2D eigenvalue weighted by atomic mass is 127. The van der Waals surface area contributed by atoms with Crippen molar-refractivity contribution < 1.29 is 9.47 Å². The molecule has 2 N–H and O–H groups in total. The number of hydrogen-bond donors (Lipinski definition) is 2. The van der Waals surface area contributed by atoms with Crippen molar-refractivity contribution in [2.75, 3.05) is 26.8 Å². The fraction of sp³-hybridized carbons (Fsp3) is 0.588. The van der Waals surface area contributed by atoms with Gasteiger partial charge in [0.15, 0.2) is 17.5 Å². The number of hydrogen-bond acceptors (Lipinski definition) is 3. The highest BCUT2D eigenvalue weighted by molar-refractivity contribution is 14.0. The summed E-state index contributed by atoms with van der Waals surface area (Å²) in [5, 5.41) is 6.68. The van der Waals surface area contributed by atoms with E-state index >= 15 is 0 Å². The Morgan fingerprint density at radius 1 is 1.22 bits per heavy atom. The number of aliphatic imine (C=N–C) groups is 1. The van der Waals surface area contributed by atoms with Gasteiger partial charge in [-0.1, -0.05) is 19.9 Å². The van der Waals surface area contributed by atoms with E-state index in [0.29, 0.717) is 19.3 Å². The average molecular weight is 433 g/mol. The van der Waals surface area contributed by atoms with Gasteiger partial charge in [-0.2, -0.15) is 0 Å². The molecule has 0 aliphatic carbocycles. The van der Waals surface area contributed by atoms with Crippen LogP contribution in [0.5, 0.6) is 11.5 Å². The maximum Gasteiger partial charge on any atom is 0.191 e. The Morgan fingerprint density at radius 3 is 2.48 bits per heavy atom. The maximum absolute atomic E-state index is 5.68. The molecule has 1 aliphatic heterocycles. The minimum Gasteiger partial charge on any atom is -0.486 e. The predicted molar refractivity (Wildman–Crippen MR) is 106 cm³/mol. The summed E-state index contributed by atoms with van der Waals surface area (Å²) in [7, 11) is 1.79. The van der Waals surface area contributed by atoms with Crippen molar-refractivity contribution in [3.63, 3.8) is 0 Å². The van der Waals surface area contributed by atoms with Crippen molar-refractivity contribution in [1.29, 1.82) is 0 Å². The third kappa shape index (κ3) is 5.44. The Bertz CT molecular complexity index is 545. The Labute approximate surface area is 156 Å². The zero-order chi connectivity index (χ0) is 16.2. The van der Waals surface area contributed by atoms with Crippen molar-refractivity contribution in [2.24, 2.45) is 4.99 Å². The molecule has 0 amide bonds. The summed E-state index contributed by atoms with van der Waals surface area (Å²) in [5.41, 5.74) is 1.16. The Morgan fingerprint density at radius 2 is 1.87 bits per heavy atom. The summed E-state index contributed by atoms with van der Waals surface area (Å²) in [4.78, 5) is 4.24. The second-order valence-electron chi connectivity index (χ2n) is 6.47. The predicted octanol–water partition coefficient (Wildman–Crippen LogP) is 2.93. The first-order valence-electron chi connectivity index (χ1n) is 7.79. The van der Waals surface area contributed by atoms with Crippen LogP contribution in [0.15, 0.2) is 23.2 Å². The van der Waals surface area contributed by atoms with Crippen LogP contribution in [-0.2, 0) is 5.41 Å². The summed E-state index contributed by atoms with van der Waals surface area (Å²) in [6.07, 6.45) is 0. The molecule has 5 nitrogen and oxygen atoms in total. The van der Waals surface area contributed by atoms with Crippen LogP contribution in [0, 0.1) is 0 Å². The Kier molecular flexibility index (Phi) is 7.44. The van der Waals surface area contributed by atoms with Crippen LogP contribution in [0.25, 0.3) is 0 Å². The van der Waals surface area contributed by atoms with Crippen LogP contribution in [0.3, 0.4) is 0 Å². The molecule has 23 heavy (non-hydrogen) atoms. The molecule has 0 aromatic heterocycles. The zero-order valence-electron chi connectivity index (χ0n) is 14.6. The van der Waals surface area contributed by atoms with Crippen molar-refractivity contribution in [2.45, 2.75) is 39.2 Å². The molecule has 0 saturated carbocycles. The molecule has 2 rings (SSSR count). The van der Waals surface area contributed by atoms with Gasteiger partial charge in [-0.15, -0.1) is 24.0 Å². The molecule has 0 fully saturated rings. The average Bonchev–Trinajstić information content (AvgIpc) is 2.50. The molecule has 0 radical (unpaired) electrons. The van der Waals surface area contributed by atoms with E-state index in [2.05, 4.69) is 55.5 Å². The molecule has 1 aromatic rings.